The Morgan fingerprint density at radius 3 is 2.76 bits per heavy atom. The molecule has 0 N–H and O–H groups in total. The Bertz CT molecular complexity index is 919. The number of piperidine rings is 1. The summed E-state index contributed by atoms with van der Waals surface area (Å²) in [6.07, 6.45) is 4.92. The second-order valence-electron chi connectivity index (χ2n) is 9.37. The van der Waals surface area contributed by atoms with Gasteiger partial charge in [-0.15, -0.1) is 0 Å². The van der Waals surface area contributed by atoms with Crippen LogP contribution in [0.2, 0.25) is 0 Å². The number of nitrogens with zero attached hydrogens (tertiary/aromatic N) is 4. The van der Waals surface area contributed by atoms with Crippen molar-refractivity contribution in [1.82, 2.24) is 9.88 Å². The number of carbonyl (C=O) groups is 1. The van der Waals surface area contributed by atoms with Crippen molar-refractivity contribution in [3.63, 3.8) is 0 Å². The highest BCUT2D eigenvalue weighted by atomic mass is 16.6. The normalized spacial score (nSPS) is 19.4. The van der Waals surface area contributed by atoms with Crippen LogP contribution in [-0.2, 0) is 11.2 Å². The minimum Gasteiger partial charge on any atom is -0.444 e. The van der Waals surface area contributed by atoms with Gasteiger partial charge in [-0.05, 0) is 51.7 Å². The summed E-state index contributed by atoms with van der Waals surface area (Å²) in [6.45, 7) is 8.21. The molecule has 0 aliphatic carbocycles. The van der Waals surface area contributed by atoms with E-state index in [0.717, 1.165) is 38.2 Å². The minimum absolute atomic E-state index is 0.197. The lowest BCUT2D eigenvalue weighted by Gasteiger charge is -2.43. The predicted octanol–water partition coefficient (Wildman–Crippen LogP) is 4.06. The second kappa shape index (κ2) is 7.39. The van der Waals surface area contributed by atoms with E-state index in [4.69, 9.17) is 9.72 Å². The molecule has 1 atom stereocenters. The first kappa shape index (κ1) is 19.8. The number of anilines is 2. The average molecular weight is 397 g/mol. The van der Waals surface area contributed by atoms with E-state index in [1.165, 1.54) is 22.0 Å². The smallest absolute Gasteiger partial charge is 0.410 e. The maximum atomic E-state index is 12.6. The Morgan fingerprint density at radius 2 is 2.03 bits per heavy atom. The van der Waals surface area contributed by atoms with Crippen molar-refractivity contribution < 1.29 is 9.53 Å². The van der Waals surface area contributed by atoms with Crippen LogP contribution in [0.5, 0.6) is 0 Å². The lowest BCUT2D eigenvalue weighted by atomic mass is 9.94. The van der Waals surface area contributed by atoms with Crippen molar-refractivity contribution in [2.75, 3.05) is 43.5 Å². The van der Waals surface area contributed by atoms with Gasteiger partial charge in [0.2, 0.25) is 0 Å². The van der Waals surface area contributed by atoms with Crippen molar-refractivity contribution in [3.8, 4) is 0 Å². The molecule has 1 aromatic heterocycles. The number of benzene rings is 1. The fraction of sp³-hybridized carbons (Fsp3) is 0.565. The van der Waals surface area contributed by atoms with Crippen molar-refractivity contribution in [1.29, 1.82) is 0 Å². The number of rotatable bonds is 2. The number of ether oxygens (including phenoxy) is 1. The van der Waals surface area contributed by atoms with E-state index in [1.807, 2.05) is 46.0 Å². The number of amides is 1. The molecule has 0 spiro atoms. The molecule has 6 nitrogen and oxygen atoms in total. The van der Waals surface area contributed by atoms with Crippen molar-refractivity contribution >= 4 is 28.4 Å². The molecule has 0 saturated carbocycles. The van der Waals surface area contributed by atoms with Gasteiger partial charge in [-0.25, -0.2) is 9.78 Å². The standard InChI is InChI=1S/C23H32N4O2/c1-23(2,3)29-22(28)26-12-7-8-17(15-26)27-13-11-16-14-24-21(25(4)5)18-9-6-10-19(27)20(16)18/h6,9-10,14,17H,7-8,11-13,15H2,1-5H3. The van der Waals surface area contributed by atoms with Gasteiger partial charge >= 0.3 is 6.09 Å². The molecule has 3 heterocycles. The first-order valence-corrected chi connectivity index (χ1v) is 10.6. The van der Waals surface area contributed by atoms with Gasteiger partial charge in [0.25, 0.3) is 0 Å². The number of pyridine rings is 1. The molecule has 0 radical (unpaired) electrons. The largest absolute Gasteiger partial charge is 0.444 e. The fourth-order valence-corrected chi connectivity index (χ4v) is 4.56. The third-order valence-electron chi connectivity index (χ3n) is 5.79. The molecule has 0 bridgehead atoms. The Hall–Kier alpha value is -2.50. The summed E-state index contributed by atoms with van der Waals surface area (Å²) in [7, 11) is 4.08. The highest BCUT2D eigenvalue weighted by Gasteiger charge is 2.33. The first-order valence-electron chi connectivity index (χ1n) is 10.6. The van der Waals surface area contributed by atoms with E-state index in [-0.39, 0.29) is 6.09 Å². The van der Waals surface area contributed by atoms with E-state index >= 15 is 0 Å². The van der Waals surface area contributed by atoms with Gasteiger partial charge in [-0.1, -0.05) is 12.1 Å². The SMILES string of the molecule is CN(C)c1ncc2c3c(cccc13)N(C1CCCN(C(=O)OC(C)(C)C)C1)CC2. The summed E-state index contributed by atoms with van der Waals surface area (Å²) in [5.74, 6) is 1.01. The molecule has 2 aliphatic rings. The zero-order chi connectivity index (χ0) is 20.8. The molecule has 1 unspecified atom stereocenters. The molecule has 156 valence electrons. The van der Waals surface area contributed by atoms with Crippen LogP contribution in [0.4, 0.5) is 16.3 Å². The van der Waals surface area contributed by atoms with Gasteiger partial charge in [0.1, 0.15) is 11.4 Å². The van der Waals surface area contributed by atoms with E-state index in [9.17, 15) is 4.79 Å². The van der Waals surface area contributed by atoms with Crippen LogP contribution < -0.4 is 9.80 Å². The maximum Gasteiger partial charge on any atom is 0.410 e. The molecule has 1 fully saturated rings. The number of hydrogen-bond donors (Lipinski definition) is 0. The molecule has 2 aliphatic heterocycles. The van der Waals surface area contributed by atoms with Crippen LogP contribution in [0.15, 0.2) is 24.4 Å². The predicted molar refractivity (Wildman–Crippen MR) is 118 cm³/mol. The fourth-order valence-electron chi connectivity index (χ4n) is 4.56. The third kappa shape index (κ3) is 3.85. The number of aromatic nitrogens is 1. The van der Waals surface area contributed by atoms with Crippen LogP contribution >= 0.6 is 0 Å². The van der Waals surface area contributed by atoms with Crippen LogP contribution in [0.25, 0.3) is 10.8 Å². The van der Waals surface area contributed by atoms with Gasteiger partial charge in [-0.3, -0.25) is 0 Å². The van der Waals surface area contributed by atoms with Crippen LogP contribution in [0.1, 0.15) is 39.2 Å². The molecule has 1 amide bonds. The summed E-state index contributed by atoms with van der Waals surface area (Å²) in [6, 6.07) is 6.83. The monoisotopic (exact) mass is 396 g/mol. The highest BCUT2D eigenvalue weighted by molar-refractivity contribution is 6.03. The molecule has 4 rings (SSSR count). The molecular formula is C23H32N4O2. The summed E-state index contributed by atoms with van der Waals surface area (Å²) in [5.41, 5.74) is 2.12. The quantitative estimate of drug-likeness (QED) is 0.766. The molecule has 29 heavy (non-hydrogen) atoms. The molecule has 2 aromatic rings. The van der Waals surface area contributed by atoms with Gasteiger partial charge in [-0.2, -0.15) is 0 Å². The van der Waals surface area contributed by atoms with Gasteiger partial charge in [0.15, 0.2) is 0 Å². The van der Waals surface area contributed by atoms with Gasteiger partial charge < -0.3 is 19.4 Å². The summed E-state index contributed by atoms with van der Waals surface area (Å²) >= 11 is 0. The van der Waals surface area contributed by atoms with Gasteiger partial charge in [0, 0.05) is 62.4 Å². The second-order valence-corrected chi connectivity index (χ2v) is 9.37. The van der Waals surface area contributed by atoms with E-state index < -0.39 is 5.60 Å². The Morgan fingerprint density at radius 1 is 1.24 bits per heavy atom. The topological polar surface area (TPSA) is 48.9 Å². The van der Waals surface area contributed by atoms with Crippen LogP contribution in [-0.4, -0.2) is 61.3 Å². The molecular weight excluding hydrogens is 364 g/mol. The summed E-state index contributed by atoms with van der Waals surface area (Å²) in [4.78, 5) is 23.8. The lowest BCUT2D eigenvalue weighted by molar-refractivity contribution is 0.0198. The minimum atomic E-state index is -0.463. The van der Waals surface area contributed by atoms with Gasteiger partial charge in [0.05, 0.1) is 0 Å². The third-order valence-corrected chi connectivity index (χ3v) is 5.79. The number of carbonyl (C=O) groups excluding carboxylic acids is 1. The highest BCUT2D eigenvalue weighted by Crippen LogP contribution is 2.39. The maximum absolute atomic E-state index is 12.6. The first-order chi connectivity index (χ1) is 13.7. The number of likely N-dealkylation sites (tertiary alicyclic amines) is 1. The zero-order valence-electron chi connectivity index (χ0n) is 18.2. The zero-order valence-corrected chi connectivity index (χ0v) is 18.2. The van der Waals surface area contributed by atoms with Crippen LogP contribution in [0.3, 0.4) is 0 Å². The summed E-state index contributed by atoms with van der Waals surface area (Å²) in [5, 5.41) is 2.52. The summed E-state index contributed by atoms with van der Waals surface area (Å²) < 4.78 is 5.62. The van der Waals surface area contributed by atoms with Crippen molar-refractivity contribution in [2.24, 2.45) is 0 Å². The van der Waals surface area contributed by atoms with E-state index in [1.54, 1.807) is 0 Å². The average Bonchev–Trinajstić information content (AvgIpc) is 2.67. The molecule has 1 aromatic carbocycles. The van der Waals surface area contributed by atoms with Crippen LogP contribution in [0, 0.1) is 0 Å². The number of hydrogen-bond acceptors (Lipinski definition) is 5. The Balaban J connectivity index is 1.64. The lowest BCUT2D eigenvalue weighted by Crippen LogP contribution is -2.52. The van der Waals surface area contributed by atoms with E-state index in [0.29, 0.717) is 12.6 Å². The molecule has 6 heteroatoms. The molecule has 1 saturated heterocycles. The van der Waals surface area contributed by atoms with Crippen molar-refractivity contribution in [3.05, 3.63) is 30.0 Å². The Labute approximate surface area is 173 Å². The Kier molecular flexibility index (Phi) is 5.05. The van der Waals surface area contributed by atoms with Crippen molar-refractivity contribution in [2.45, 2.75) is 51.7 Å². The van der Waals surface area contributed by atoms with E-state index in [2.05, 4.69) is 28.0 Å².